The predicted octanol–water partition coefficient (Wildman–Crippen LogP) is 4.93. The van der Waals surface area contributed by atoms with E-state index in [0.717, 1.165) is 41.5 Å². The Morgan fingerprint density at radius 1 is 1.04 bits per heavy atom. The first-order valence-electron chi connectivity index (χ1n) is 8.47. The Morgan fingerprint density at radius 2 is 1.76 bits per heavy atom. The summed E-state index contributed by atoms with van der Waals surface area (Å²) in [5.74, 6) is -0.477. The molecule has 0 amide bonds. The molecule has 0 aliphatic carbocycles. The second-order valence-corrected chi connectivity index (χ2v) is 6.76. The van der Waals surface area contributed by atoms with Gasteiger partial charge >= 0.3 is 0 Å². The Morgan fingerprint density at radius 3 is 2.52 bits per heavy atom. The van der Waals surface area contributed by atoms with Gasteiger partial charge in [0.25, 0.3) is 0 Å². The zero-order valence-electron chi connectivity index (χ0n) is 14.4. The van der Waals surface area contributed by atoms with Crippen molar-refractivity contribution in [2.45, 2.75) is 19.9 Å². The number of rotatable bonds is 2. The van der Waals surface area contributed by atoms with Gasteiger partial charge in [-0.25, -0.2) is 8.78 Å². The second kappa shape index (κ2) is 6.12. The predicted molar refractivity (Wildman–Crippen MR) is 98.2 cm³/mol. The first kappa shape index (κ1) is 16.0. The standard InChI is InChI=1S/C21H20F2N2/c1-14(15-3-5-16(22)6-4-15)12-25-20-9-10-24(2)13-19(20)18-8-7-17(23)11-21(18)25/h3-8,11-12H,9-10,13H2,1-2H3/b14-12+. The molecule has 2 heterocycles. The van der Waals surface area contributed by atoms with Crippen LogP contribution in [0.1, 0.15) is 23.7 Å². The number of halogens is 2. The first-order chi connectivity index (χ1) is 12.0. The topological polar surface area (TPSA) is 8.17 Å². The smallest absolute Gasteiger partial charge is 0.125 e. The summed E-state index contributed by atoms with van der Waals surface area (Å²) in [6.07, 6.45) is 2.97. The molecule has 4 rings (SSSR count). The van der Waals surface area contributed by atoms with Crippen LogP contribution in [-0.2, 0) is 13.0 Å². The third-order valence-corrected chi connectivity index (χ3v) is 4.96. The molecule has 0 saturated carbocycles. The van der Waals surface area contributed by atoms with E-state index >= 15 is 0 Å². The van der Waals surface area contributed by atoms with Gasteiger partial charge < -0.3 is 9.47 Å². The summed E-state index contributed by atoms with van der Waals surface area (Å²) in [6, 6.07) is 11.5. The van der Waals surface area contributed by atoms with Crippen LogP contribution in [0, 0.1) is 11.6 Å². The highest BCUT2D eigenvalue weighted by atomic mass is 19.1. The van der Waals surface area contributed by atoms with Gasteiger partial charge in [0.1, 0.15) is 11.6 Å². The third kappa shape index (κ3) is 2.87. The van der Waals surface area contributed by atoms with Crippen LogP contribution < -0.4 is 0 Å². The highest BCUT2D eigenvalue weighted by Crippen LogP contribution is 2.32. The average molecular weight is 338 g/mol. The van der Waals surface area contributed by atoms with Crippen molar-refractivity contribution in [3.05, 3.63) is 70.9 Å². The molecule has 2 nitrogen and oxygen atoms in total. The summed E-state index contributed by atoms with van der Waals surface area (Å²) in [5, 5.41) is 1.10. The largest absolute Gasteiger partial charge is 0.320 e. The zero-order chi connectivity index (χ0) is 17.6. The van der Waals surface area contributed by atoms with Crippen molar-refractivity contribution in [3.63, 3.8) is 0 Å². The maximum Gasteiger partial charge on any atom is 0.125 e. The van der Waals surface area contributed by atoms with Crippen LogP contribution in [0.25, 0.3) is 22.7 Å². The molecule has 0 fully saturated rings. The first-order valence-corrected chi connectivity index (χ1v) is 8.47. The van der Waals surface area contributed by atoms with E-state index in [-0.39, 0.29) is 11.6 Å². The number of fused-ring (bicyclic) bond motifs is 3. The van der Waals surface area contributed by atoms with Crippen molar-refractivity contribution in [1.29, 1.82) is 0 Å². The molecule has 3 aromatic rings. The number of likely N-dealkylation sites (N-methyl/N-ethyl adjacent to an activating group) is 1. The fourth-order valence-corrected chi connectivity index (χ4v) is 3.63. The van der Waals surface area contributed by atoms with Gasteiger partial charge in [0.2, 0.25) is 0 Å². The minimum absolute atomic E-state index is 0.232. The van der Waals surface area contributed by atoms with E-state index in [1.54, 1.807) is 18.2 Å². The van der Waals surface area contributed by atoms with Gasteiger partial charge in [0.15, 0.2) is 0 Å². The Balaban J connectivity index is 1.90. The third-order valence-electron chi connectivity index (χ3n) is 4.96. The molecule has 0 radical (unpaired) electrons. The van der Waals surface area contributed by atoms with Gasteiger partial charge in [0, 0.05) is 36.8 Å². The van der Waals surface area contributed by atoms with Crippen LogP contribution in [0.4, 0.5) is 8.78 Å². The summed E-state index contributed by atoms with van der Waals surface area (Å²) in [7, 11) is 2.11. The lowest BCUT2D eigenvalue weighted by molar-refractivity contribution is 0.312. The Bertz CT molecular complexity index is 968. The van der Waals surface area contributed by atoms with E-state index in [1.807, 2.05) is 19.2 Å². The molecule has 1 aliphatic heterocycles. The zero-order valence-corrected chi connectivity index (χ0v) is 14.4. The van der Waals surface area contributed by atoms with E-state index in [2.05, 4.69) is 16.5 Å². The molecule has 128 valence electrons. The van der Waals surface area contributed by atoms with Crippen molar-refractivity contribution in [2.24, 2.45) is 0 Å². The maximum atomic E-state index is 13.9. The molecule has 0 saturated heterocycles. The Labute approximate surface area is 146 Å². The molecular weight excluding hydrogens is 318 g/mol. The van der Waals surface area contributed by atoms with E-state index < -0.39 is 0 Å². The van der Waals surface area contributed by atoms with Crippen molar-refractivity contribution in [3.8, 4) is 0 Å². The Hall–Kier alpha value is -2.46. The number of benzene rings is 2. The van der Waals surface area contributed by atoms with Gasteiger partial charge in [-0.3, -0.25) is 0 Å². The van der Waals surface area contributed by atoms with Gasteiger partial charge in [-0.1, -0.05) is 12.1 Å². The van der Waals surface area contributed by atoms with Crippen LogP contribution in [0.2, 0.25) is 0 Å². The lowest BCUT2D eigenvalue weighted by atomic mass is 10.0. The average Bonchev–Trinajstić information content (AvgIpc) is 2.88. The van der Waals surface area contributed by atoms with Crippen LogP contribution in [0.15, 0.2) is 42.5 Å². The van der Waals surface area contributed by atoms with Crippen LogP contribution >= 0.6 is 0 Å². The molecule has 4 heteroatoms. The van der Waals surface area contributed by atoms with Crippen molar-refractivity contribution in [1.82, 2.24) is 9.47 Å². The fraction of sp³-hybridized carbons (Fsp3) is 0.238. The van der Waals surface area contributed by atoms with E-state index in [9.17, 15) is 8.78 Å². The normalized spacial score (nSPS) is 15.6. The summed E-state index contributed by atoms with van der Waals surface area (Å²) < 4.78 is 29.2. The van der Waals surface area contributed by atoms with Gasteiger partial charge in [-0.05, 0) is 61.0 Å². The molecule has 25 heavy (non-hydrogen) atoms. The molecular formula is C21H20F2N2. The molecule has 0 N–H and O–H groups in total. The summed E-state index contributed by atoms with van der Waals surface area (Å²) in [5.41, 5.74) is 5.37. The molecule has 1 aliphatic rings. The number of nitrogens with zero attached hydrogens (tertiary/aromatic N) is 2. The van der Waals surface area contributed by atoms with Gasteiger partial charge in [0.05, 0.1) is 5.52 Å². The lowest BCUT2D eigenvalue weighted by Crippen LogP contribution is -2.26. The van der Waals surface area contributed by atoms with Crippen molar-refractivity contribution >= 4 is 22.7 Å². The van der Waals surface area contributed by atoms with Crippen LogP contribution in [-0.4, -0.2) is 23.1 Å². The molecule has 0 unspecified atom stereocenters. The molecule has 1 aromatic heterocycles. The second-order valence-electron chi connectivity index (χ2n) is 6.76. The summed E-state index contributed by atoms with van der Waals surface area (Å²) in [4.78, 5) is 2.28. The van der Waals surface area contributed by atoms with E-state index in [4.69, 9.17) is 0 Å². The number of aromatic nitrogens is 1. The highest BCUT2D eigenvalue weighted by molar-refractivity contribution is 5.90. The fourth-order valence-electron chi connectivity index (χ4n) is 3.63. The van der Waals surface area contributed by atoms with Gasteiger partial charge in [-0.15, -0.1) is 0 Å². The SMILES string of the molecule is C/C(=C\n1c2c(c3ccc(F)cc31)CN(C)CC2)c1ccc(F)cc1. The highest BCUT2D eigenvalue weighted by Gasteiger charge is 2.22. The van der Waals surface area contributed by atoms with E-state index in [1.165, 1.54) is 29.5 Å². The quantitative estimate of drug-likeness (QED) is 0.643. The van der Waals surface area contributed by atoms with Crippen molar-refractivity contribution < 1.29 is 8.78 Å². The molecule has 2 aromatic carbocycles. The molecule has 0 spiro atoms. The minimum atomic E-state index is -0.245. The summed E-state index contributed by atoms with van der Waals surface area (Å²) in [6.45, 7) is 3.85. The monoisotopic (exact) mass is 338 g/mol. The number of hydrogen-bond donors (Lipinski definition) is 0. The Kier molecular flexibility index (Phi) is 3.92. The van der Waals surface area contributed by atoms with Crippen molar-refractivity contribution in [2.75, 3.05) is 13.6 Å². The molecule has 0 atom stereocenters. The van der Waals surface area contributed by atoms with Crippen LogP contribution in [0.5, 0.6) is 0 Å². The maximum absolute atomic E-state index is 13.9. The number of allylic oxidation sites excluding steroid dienone is 1. The minimum Gasteiger partial charge on any atom is -0.320 e. The number of hydrogen-bond acceptors (Lipinski definition) is 1. The van der Waals surface area contributed by atoms with Crippen LogP contribution in [0.3, 0.4) is 0 Å². The van der Waals surface area contributed by atoms with E-state index in [0.29, 0.717) is 0 Å². The lowest BCUT2D eigenvalue weighted by Gasteiger charge is -2.23. The summed E-state index contributed by atoms with van der Waals surface area (Å²) >= 11 is 0. The van der Waals surface area contributed by atoms with Gasteiger partial charge in [-0.2, -0.15) is 0 Å². The molecule has 0 bridgehead atoms.